The summed E-state index contributed by atoms with van der Waals surface area (Å²) in [6, 6.07) is 0.379. The normalized spacial score (nSPS) is 14.4. The van der Waals surface area contributed by atoms with Crippen LogP contribution in [0.5, 0.6) is 0 Å². The number of rotatable bonds is 5. The van der Waals surface area contributed by atoms with Gasteiger partial charge in [0.1, 0.15) is 0 Å². The molecule has 0 amide bonds. The minimum Gasteiger partial charge on any atom is -0.279 e. The SMILES string of the molecule is CC(C)[C@H](C)N(C[Si](C)(C)C)N=N. The van der Waals surface area contributed by atoms with Crippen LogP contribution in [-0.4, -0.2) is 25.3 Å². The monoisotopic (exact) mass is 201 g/mol. The highest BCUT2D eigenvalue weighted by Gasteiger charge is 2.22. The van der Waals surface area contributed by atoms with E-state index < -0.39 is 8.07 Å². The van der Waals surface area contributed by atoms with E-state index >= 15 is 0 Å². The Labute approximate surface area is 83.0 Å². The molecule has 0 fully saturated rings. The predicted molar refractivity (Wildman–Crippen MR) is 59.5 cm³/mol. The van der Waals surface area contributed by atoms with Gasteiger partial charge in [0.15, 0.2) is 0 Å². The Bertz CT molecular complexity index is 163. The summed E-state index contributed by atoms with van der Waals surface area (Å²) in [7, 11) is -1.14. The minimum absolute atomic E-state index is 0.379. The smallest absolute Gasteiger partial charge is 0.0688 e. The Hall–Kier alpha value is -0.383. The molecule has 0 spiro atoms. The van der Waals surface area contributed by atoms with E-state index in [2.05, 4.69) is 45.6 Å². The van der Waals surface area contributed by atoms with Crippen molar-refractivity contribution in [3.63, 3.8) is 0 Å². The van der Waals surface area contributed by atoms with Crippen molar-refractivity contribution in [3.05, 3.63) is 0 Å². The summed E-state index contributed by atoms with van der Waals surface area (Å²) in [5.41, 5.74) is 7.14. The molecule has 1 atom stereocenters. The second-order valence-corrected chi connectivity index (χ2v) is 10.7. The van der Waals surface area contributed by atoms with Crippen LogP contribution in [0.4, 0.5) is 0 Å². The molecule has 0 heterocycles. The van der Waals surface area contributed by atoms with Gasteiger partial charge in [-0.1, -0.05) is 38.7 Å². The van der Waals surface area contributed by atoms with Crippen molar-refractivity contribution < 1.29 is 0 Å². The van der Waals surface area contributed by atoms with Gasteiger partial charge in [-0.05, 0) is 12.8 Å². The molecule has 3 nitrogen and oxygen atoms in total. The zero-order valence-corrected chi connectivity index (χ0v) is 10.8. The summed E-state index contributed by atoms with van der Waals surface area (Å²) in [5.74, 6) is 0.561. The highest BCUT2D eigenvalue weighted by Crippen LogP contribution is 2.14. The summed E-state index contributed by atoms with van der Waals surface area (Å²) in [5, 5.41) is 5.54. The highest BCUT2D eigenvalue weighted by molar-refractivity contribution is 6.76. The Morgan fingerprint density at radius 1 is 1.23 bits per heavy atom. The third-order valence-electron chi connectivity index (χ3n) is 2.20. The van der Waals surface area contributed by atoms with E-state index in [1.807, 2.05) is 5.01 Å². The lowest BCUT2D eigenvalue weighted by Crippen LogP contribution is -2.43. The maximum atomic E-state index is 7.14. The van der Waals surface area contributed by atoms with Crippen molar-refractivity contribution in [3.8, 4) is 0 Å². The van der Waals surface area contributed by atoms with Crippen molar-refractivity contribution in [2.75, 3.05) is 6.17 Å². The van der Waals surface area contributed by atoms with E-state index in [9.17, 15) is 0 Å². The first-order valence-electron chi connectivity index (χ1n) is 4.92. The van der Waals surface area contributed by atoms with E-state index in [1.165, 1.54) is 0 Å². The van der Waals surface area contributed by atoms with Crippen LogP contribution in [0.2, 0.25) is 19.6 Å². The first-order chi connectivity index (χ1) is 5.78. The molecule has 13 heavy (non-hydrogen) atoms. The first kappa shape index (κ1) is 12.6. The fourth-order valence-electron chi connectivity index (χ4n) is 1.10. The average Bonchev–Trinajstić information content (AvgIpc) is 1.97. The van der Waals surface area contributed by atoms with Crippen LogP contribution in [-0.2, 0) is 0 Å². The Balaban J connectivity index is 4.26. The fraction of sp³-hybridized carbons (Fsp3) is 1.00. The molecular formula is C9H23N3Si. The highest BCUT2D eigenvalue weighted by atomic mass is 28.3. The van der Waals surface area contributed by atoms with Crippen molar-refractivity contribution in [1.82, 2.24) is 5.01 Å². The van der Waals surface area contributed by atoms with Gasteiger partial charge in [-0.15, -0.1) is 0 Å². The second-order valence-electron chi connectivity index (χ2n) is 5.24. The summed E-state index contributed by atoms with van der Waals surface area (Å²) in [6.07, 6.45) is 0.982. The van der Waals surface area contributed by atoms with Crippen LogP contribution >= 0.6 is 0 Å². The molecule has 0 aliphatic rings. The molecule has 0 unspecified atom stereocenters. The lowest BCUT2D eigenvalue weighted by Gasteiger charge is -2.32. The number of nitrogens with one attached hydrogen (secondary N) is 1. The quantitative estimate of drug-likeness (QED) is 0.414. The van der Waals surface area contributed by atoms with E-state index in [0.717, 1.165) is 6.17 Å². The van der Waals surface area contributed by atoms with Gasteiger partial charge in [-0.3, -0.25) is 5.01 Å². The zero-order valence-electron chi connectivity index (χ0n) is 9.76. The number of nitrogens with zero attached hydrogens (tertiary/aromatic N) is 2. The maximum Gasteiger partial charge on any atom is 0.0688 e. The van der Waals surface area contributed by atoms with Crippen LogP contribution in [0, 0.1) is 11.4 Å². The van der Waals surface area contributed by atoms with E-state index in [-0.39, 0.29) is 0 Å². The van der Waals surface area contributed by atoms with Crippen molar-refractivity contribution in [2.24, 2.45) is 11.1 Å². The molecule has 0 aromatic rings. The van der Waals surface area contributed by atoms with Gasteiger partial charge in [0.2, 0.25) is 0 Å². The van der Waals surface area contributed by atoms with Gasteiger partial charge >= 0.3 is 0 Å². The largest absolute Gasteiger partial charge is 0.279 e. The van der Waals surface area contributed by atoms with Crippen LogP contribution in [0.3, 0.4) is 0 Å². The van der Waals surface area contributed by atoms with E-state index in [4.69, 9.17) is 5.53 Å². The maximum absolute atomic E-state index is 7.14. The molecule has 0 saturated carbocycles. The fourth-order valence-corrected chi connectivity index (χ4v) is 2.43. The molecule has 0 aliphatic carbocycles. The lowest BCUT2D eigenvalue weighted by atomic mass is 10.1. The zero-order chi connectivity index (χ0) is 10.6. The van der Waals surface area contributed by atoms with E-state index in [1.54, 1.807) is 0 Å². The molecule has 0 radical (unpaired) electrons. The minimum atomic E-state index is -1.14. The van der Waals surface area contributed by atoms with Gasteiger partial charge in [0, 0.05) is 12.2 Å². The molecular weight excluding hydrogens is 178 g/mol. The number of hydrogen-bond acceptors (Lipinski definition) is 2. The molecule has 4 heteroatoms. The third-order valence-corrected chi connectivity index (χ3v) is 3.47. The van der Waals surface area contributed by atoms with Gasteiger partial charge in [-0.2, -0.15) is 5.53 Å². The third kappa shape index (κ3) is 5.03. The Morgan fingerprint density at radius 3 is 1.92 bits per heavy atom. The molecule has 0 saturated heterocycles. The van der Waals surface area contributed by atoms with Crippen LogP contribution in [0.1, 0.15) is 20.8 Å². The summed E-state index contributed by atoms with van der Waals surface area (Å²) >= 11 is 0. The standard InChI is InChI=1S/C9H23N3Si/c1-8(2)9(3)12(11-10)7-13(4,5)6/h8-10H,7H2,1-6H3/t9-/m0/s1. The first-order valence-corrected chi connectivity index (χ1v) is 8.62. The van der Waals surface area contributed by atoms with Gasteiger partial charge in [0.05, 0.1) is 8.07 Å². The second kappa shape index (κ2) is 4.74. The summed E-state index contributed by atoms with van der Waals surface area (Å²) in [6.45, 7) is 13.4. The molecule has 0 aromatic heterocycles. The Kier molecular flexibility index (Phi) is 4.60. The van der Waals surface area contributed by atoms with Crippen molar-refractivity contribution >= 4 is 8.07 Å². The number of hydrogen-bond donors (Lipinski definition) is 1. The lowest BCUT2D eigenvalue weighted by molar-refractivity contribution is 0.182. The van der Waals surface area contributed by atoms with Crippen LogP contribution in [0.25, 0.3) is 0 Å². The molecule has 78 valence electrons. The van der Waals surface area contributed by atoms with Gasteiger partial charge in [0.25, 0.3) is 0 Å². The van der Waals surface area contributed by atoms with Crippen LogP contribution in [0.15, 0.2) is 5.22 Å². The topological polar surface area (TPSA) is 39.5 Å². The summed E-state index contributed by atoms with van der Waals surface area (Å²) < 4.78 is 0. The van der Waals surface area contributed by atoms with Crippen LogP contribution < -0.4 is 0 Å². The Morgan fingerprint density at radius 2 is 1.69 bits per heavy atom. The predicted octanol–water partition coefficient (Wildman–Crippen LogP) is 3.16. The van der Waals surface area contributed by atoms with Crippen molar-refractivity contribution in [2.45, 2.75) is 46.5 Å². The average molecular weight is 201 g/mol. The molecule has 0 bridgehead atoms. The van der Waals surface area contributed by atoms with Gasteiger partial charge in [-0.25, -0.2) is 0 Å². The molecule has 0 rings (SSSR count). The van der Waals surface area contributed by atoms with Crippen molar-refractivity contribution in [1.29, 1.82) is 5.53 Å². The summed E-state index contributed by atoms with van der Waals surface area (Å²) in [4.78, 5) is 0. The molecule has 0 aromatic carbocycles. The van der Waals surface area contributed by atoms with Gasteiger partial charge < -0.3 is 0 Å². The van der Waals surface area contributed by atoms with E-state index in [0.29, 0.717) is 12.0 Å². The molecule has 0 aliphatic heterocycles. The molecule has 1 N–H and O–H groups in total.